The van der Waals surface area contributed by atoms with Gasteiger partial charge in [0, 0.05) is 30.5 Å². The van der Waals surface area contributed by atoms with Gasteiger partial charge in [-0.1, -0.05) is 13.8 Å². The smallest absolute Gasteiger partial charge is 0.241 e. The lowest BCUT2D eigenvalue weighted by Crippen LogP contribution is -2.43. The summed E-state index contributed by atoms with van der Waals surface area (Å²) < 4.78 is 5.29. The van der Waals surface area contributed by atoms with Crippen LogP contribution in [0.5, 0.6) is 0 Å². The van der Waals surface area contributed by atoms with Crippen LogP contribution in [0.4, 0.5) is 11.4 Å². The number of carbonyl (C=O) groups excluding carboxylic acids is 2. The van der Waals surface area contributed by atoms with Crippen LogP contribution in [0.2, 0.25) is 0 Å². The number of anilines is 2. The van der Waals surface area contributed by atoms with E-state index in [1.807, 2.05) is 13.8 Å². The second-order valence-corrected chi connectivity index (χ2v) is 6.19. The number of halogens is 1. The van der Waals surface area contributed by atoms with Gasteiger partial charge in [0.05, 0.1) is 6.04 Å². The van der Waals surface area contributed by atoms with Gasteiger partial charge in [0.1, 0.15) is 0 Å². The van der Waals surface area contributed by atoms with Crippen molar-refractivity contribution in [2.45, 2.75) is 32.7 Å². The molecule has 1 aromatic rings. The van der Waals surface area contributed by atoms with Crippen LogP contribution in [0.15, 0.2) is 24.3 Å². The maximum atomic E-state index is 12.2. The lowest BCUT2D eigenvalue weighted by Gasteiger charge is -2.26. The molecule has 7 heteroatoms. The van der Waals surface area contributed by atoms with Crippen LogP contribution in [0.3, 0.4) is 0 Å². The van der Waals surface area contributed by atoms with E-state index in [1.54, 1.807) is 24.3 Å². The molecule has 0 saturated carbocycles. The summed E-state index contributed by atoms with van der Waals surface area (Å²) in [5, 5.41) is 5.63. The summed E-state index contributed by atoms with van der Waals surface area (Å²) in [7, 11) is 0. The highest BCUT2D eigenvalue weighted by Crippen LogP contribution is 2.20. The Morgan fingerprint density at radius 1 is 1.04 bits per heavy atom. The summed E-state index contributed by atoms with van der Waals surface area (Å²) in [5.74, 6) is -0.139. The monoisotopic (exact) mass is 355 g/mol. The highest BCUT2D eigenvalue weighted by atomic mass is 35.5. The van der Waals surface area contributed by atoms with Crippen molar-refractivity contribution in [1.82, 2.24) is 0 Å². The van der Waals surface area contributed by atoms with Crippen molar-refractivity contribution in [3.63, 3.8) is 0 Å². The minimum atomic E-state index is -0.528. The predicted octanol–water partition coefficient (Wildman–Crippen LogP) is 2.40. The van der Waals surface area contributed by atoms with Crippen molar-refractivity contribution in [3.8, 4) is 0 Å². The van der Waals surface area contributed by atoms with E-state index in [9.17, 15) is 9.59 Å². The first-order valence-electron chi connectivity index (χ1n) is 8.02. The van der Waals surface area contributed by atoms with Crippen LogP contribution in [0, 0.1) is 11.8 Å². The summed E-state index contributed by atoms with van der Waals surface area (Å²) in [6, 6.07) is 6.50. The SMILES string of the molecule is CC(C)C(=O)Nc1ccc(NC(=O)C(N)C2CCOCC2)cc1.Cl. The number of rotatable bonds is 5. The topological polar surface area (TPSA) is 93.5 Å². The molecule has 0 aromatic heterocycles. The number of hydrogen-bond acceptors (Lipinski definition) is 4. The minimum Gasteiger partial charge on any atom is -0.381 e. The van der Waals surface area contributed by atoms with Crippen LogP contribution in [-0.2, 0) is 14.3 Å². The van der Waals surface area contributed by atoms with Gasteiger partial charge < -0.3 is 21.1 Å². The van der Waals surface area contributed by atoms with E-state index in [0.717, 1.165) is 12.8 Å². The van der Waals surface area contributed by atoms with Crippen LogP contribution >= 0.6 is 12.4 Å². The Morgan fingerprint density at radius 2 is 1.50 bits per heavy atom. The fourth-order valence-electron chi connectivity index (χ4n) is 2.44. The predicted molar refractivity (Wildman–Crippen MR) is 97.3 cm³/mol. The number of nitrogens with one attached hydrogen (secondary N) is 2. The standard InChI is InChI=1S/C17H25N3O3.ClH/c1-11(2)16(21)19-13-3-5-14(6-4-13)20-17(22)15(18)12-7-9-23-10-8-12;/h3-6,11-12,15H,7-10,18H2,1-2H3,(H,19,21)(H,20,22);1H. The zero-order chi connectivity index (χ0) is 16.8. The van der Waals surface area contributed by atoms with Crippen molar-refractivity contribution in [3.05, 3.63) is 24.3 Å². The molecule has 1 aromatic carbocycles. The Bertz CT molecular complexity index is 543. The molecule has 134 valence electrons. The quantitative estimate of drug-likeness (QED) is 0.756. The molecule has 1 fully saturated rings. The van der Waals surface area contributed by atoms with E-state index in [-0.39, 0.29) is 36.1 Å². The summed E-state index contributed by atoms with van der Waals surface area (Å²) in [5.41, 5.74) is 7.42. The summed E-state index contributed by atoms with van der Waals surface area (Å²) >= 11 is 0. The number of amides is 2. The van der Waals surface area contributed by atoms with Gasteiger partial charge in [-0.15, -0.1) is 12.4 Å². The molecular weight excluding hydrogens is 330 g/mol. The van der Waals surface area contributed by atoms with E-state index < -0.39 is 6.04 Å². The fraction of sp³-hybridized carbons (Fsp3) is 0.529. The maximum Gasteiger partial charge on any atom is 0.241 e. The van der Waals surface area contributed by atoms with Gasteiger partial charge in [-0.05, 0) is 43.0 Å². The molecular formula is C17H26ClN3O3. The first-order valence-corrected chi connectivity index (χ1v) is 8.02. The number of hydrogen-bond donors (Lipinski definition) is 3. The molecule has 2 rings (SSSR count). The van der Waals surface area contributed by atoms with Gasteiger partial charge in [0.25, 0.3) is 0 Å². The first kappa shape index (κ1) is 20.4. The molecule has 1 unspecified atom stereocenters. The zero-order valence-electron chi connectivity index (χ0n) is 14.1. The molecule has 2 amide bonds. The maximum absolute atomic E-state index is 12.2. The van der Waals surface area contributed by atoms with Gasteiger partial charge in [-0.3, -0.25) is 9.59 Å². The lowest BCUT2D eigenvalue weighted by molar-refractivity contribution is -0.119. The largest absolute Gasteiger partial charge is 0.381 e. The van der Waals surface area contributed by atoms with E-state index in [4.69, 9.17) is 10.5 Å². The Labute approximate surface area is 148 Å². The molecule has 1 aliphatic rings. The van der Waals surface area contributed by atoms with Crippen LogP contribution < -0.4 is 16.4 Å². The molecule has 4 N–H and O–H groups in total. The molecule has 1 atom stereocenters. The molecule has 0 bridgehead atoms. The Balaban J connectivity index is 0.00000288. The zero-order valence-corrected chi connectivity index (χ0v) is 14.9. The van der Waals surface area contributed by atoms with E-state index in [1.165, 1.54) is 0 Å². The molecule has 1 aliphatic heterocycles. The van der Waals surface area contributed by atoms with Gasteiger partial charge in [-0.25, -0.2) is 0 Å². The molecule has 0 aliphatic carbocycles. The second-order valence-electron chi connectivity index (χ2n) is 6.19. The Hall–Kier alpha value is -1.63. The molecule has 1 saturated heterocycles. The summed E-state index contributed by atoms with van der Waals surface area (Å²) in [6.45, 7) is 5.00. The number of carbonyl (C=O) groups is 2. The first-order chi connectivity index (χ1) is 11.0. The summed E-state index contributed by atoms with van der Waals surface area (Å²) in [6.07, 6.45) is 1.63. The normalized spacial score (nSPS) is 16.2. The van der Waals surface area contributed by atoms with Crippen molar-refractivity contribution in [2.75, 3.05) is 23.8 Å². The van der Waals surface area contributed by atoms with Crippen molar-refractivity contribution in [2.24, 2.45) is 17.6 Å². The van der Waals surface area contributed by atoms with Crippen molar-refractivity contribution >= 4 is 35.6 Å². The van der Waals surface area contributed by atoms with E-state index >= 15 is 0 Å². The van der Waals surface area contributed by atoms with Gasteiger partial charge >= 0.3 is 0 Å². The number of benzene rings is 1. The molecule has 0 radical (unpaired) electrons. The lowest BCUT2D eigenvalue weighted by atomic mass is 9.92. The molecule has 1 heterocycles. The van der Waals surface area contributed by atoms with Crippen LogP contribution in [-0.4, -0.2) is 31.1 Å². The highest BCUT2D eigenvalue weighted by molar-refractivity contribution is 5.96. The van der Waals surface area contributed by atoms with E-state index in [2.05, 4.69) is 10.6 Å². The highest BCUT2D eigenvalue weighted by Gasteiger charge is 2.26. The number of ether oxygens (including phenoxy) is 1. The molecule has 6 nitrogen and oxygen atoms in total. The van der Waals surface area contributed by atoms with Gasteiger partial charge in [-0.2, -0.15) is 0 Å². The molecule has 24 heavy (non-hydrogen) atoms. The van der Waals surface area contributed by atoms with Gasteiger partial charge in [0.2, 0.25) is 11.8 Å². The van der Waals surface area contributed by atoms with Crippen molar-refractivity contribution < 1.29 is 14.3 Å². The second kappa shape index (κ2) is 9.61. The third kappa shape index (κ3) is 5.78. The Kier molecular flexibility index (Phi) is 8.18. The fourth-order valence-corrected chi connectivity index (χ4v) is 2.44. The van der Waals surface area contributed by atoms with Crippen LogP contribution in [0.1, 0.15) is 26.7 Å². The summed E-state index contributed by atoms with van der Waals surface area (Å²) in [4.78, 5) is 23.8. The minimum absolute atomic E-state index is 0. The van der Waals surface area contributed by atoms with E-state index in [0.29, 0.717) is 24.6 Å². The average Bonchev–Trinajstić information content (AvgIpc) is 2.56. The van der Waals surface area contributed by atoms with Gasteiger partial charge in [0.15, 0.2) is 0 Å². The van der Waals surface area contributed by atoms with Crippen LogP contribution in [0.25, 0.3) is 0 Å². The van der Waals surface area contributed by atoms with Crippen molar-refractivity contribution in [1.29, 1.82) is 0 Å². The average molecular weight is 356 g/mol. The Morgan fingerprint density at radius 3 is 1.96 bits per heavy atom. The number of nitrogens with two attached hydrogens (primary N) is 1. The third-order valence-corrected chi connectivity index (χ3v) is 4.02. The molecule has 0 spiro atoms. The third-order valence-electron chi connectivity index (χ3n) is 4.02.